The summed E-state index contributed by atoms with van der Waals surface area (Å²) in [4.78, 5) is 20.5. The molecule has 4 aromatic heterocycles. The first-order valence-electron chi connectivity index (χ1n) is 14.4. The number of furan rings is 2. The molecule has 0 spiro atoms. The topological polar surface area (TPSA) is 77.8 Å². The minimum Gasteiger partial charge on any atom is -0.436 e. The van der Waals surface area contributed by atoms with Crippen LogP contribution in [0.2, 0.25) is 0 Å². The molecule has 0 atom stereocenters. The Hall–Kier alpha value is -6.14. The summed E-state index contributed by atoms with van der Waals surface area (Å²) >= 11 is 0. The molecule has 0 aliphatic rings. The van der Waals surface area contributed by atoms with Crippen molar-refractivity contribution in [1.29, 1.82) is 0 Å². The zero-order valence-corrected chi connectivity index (χ0v) is 23.3. The van der Waals surface area contributed by atoms with Crippen molar-refractivity contribution in [3.05, 3.63) is 133 Å². The molecule has 0 N–H and O–H groups in total. The van der Waals surface area contributed by atoms with Crippen LogP contribution in [0, 0.1) is 0 Å². The Labute approximate surface area is 251 Å². The van der Waals surface area contributed by atoms with E-state index in [1.165, 1.54) is 0 Å². The van der Waals surface area contributed by atoms with Gasteiger partial charge >= 0.3 is 0 Å². The van der Waals surface area contributed by atoms with Crippen LogP contribution in [0.5, 0.6) is 0 Å². The average molecular weight is 567 g/mol. The SMILES string of the molecule is c1ccc(-c2nc3oc4ccccc4c3nc2-c2cccc(-c3nc4c(nc3-c3ccccc3)oc3ccccc34)c2)cc1. The van der Waals surface area contributed by atoms with Gasteiger partial charge in [0.25, 0.3) is 0 Å². The fourth-order valence-corrected chi connectivity index (χ4v) is 5.85. The highest BCUT2D eigenvalue weighted by Crippen LogP contribution is 2.38. The third-order valence-electron chi connectivity index (χ3n) is 7.93. The summed E-state index contributed by atoms with van der Waals surface area (Å²) in [6, 6.07) is 44.3. The van der Waals surface area contributed by atoms with Gasteiger partial charge in [0.05, 0.1) is 11.4 Å². The number of benzene rings is 5. The molecule has 9 rings (SSSR count). The summed E-state index contributed by atoms with van der Waals surface area (Å²) in [7, 11) is 0. The normalized spacial score (nSPS) is 11.6. The first kappa shape index (κ1) is 24.5. The Bertz CT molecular complexity index is 2330. The first-order chi connectivity index (χ1) is 21.8. The van der Waals surface area contributed by atoms with E-state index < -0.39 is 0 Å². The highest BCUT2D eigenvalue weighted by atomic mass is 16.3. The Morgan fingerprint density at radius 2 is 0.727 bits per heavy atom. The smallest absolute Gasteiger partial charge is 0.246 e. The highest BCUT2D eigenvalue weighted by Gasteiger charge is 2.21. The predicted molar refractivity (Wildman–Crippen MR) is 174 cm³/mol. The van der Waals surface area contributed by atoms with Gasteiger partial charge in [0.15, 0.2) is 0 Å². The number of hydrogen-bond donors (Lipinski definition) is 0. The van der Waals surface area contributed by atoms with Crippen molar-refractivity contribution in [1.82, 2.24) is 19.9 Å². The van der Waals surface area contributed by atoms with Crippen LogP contribution in [0.15, 0.2) is 142 Å². The lowest BCUT2D eigenvalue weighted by molar-refractivity contribution is 0.653. The van der Waals surface area contributed by atoms with Crippen LogP contribution in [0.1, 0.15) is 0 Å². The van der Waals surface area contributed by atoms with Gasteiger partial charge in [-0.1, -0.05) is 103 Å². The molecule has 9 aromatic rings. The zero-order valence-electron chi connectivity index (χ0n) is 23.3. The van der Waals surface area contributed by atoms with Gasteiger partial charge in [0.1, 0.15) is 33.6 Å². The molecule has 0 amide bonds. The number of para-hydroxylation sites is 2. The molecule has 0 radical (unpaired) electrons. The molecule has 0 aliphatic heterocycles. The molecular weight excluding hydrogens is 544 g/mol. The van der Waals surface area contributed by atoms with E-state index in [0.29, 0.717) is 11.4 Å². The van der Waals surface area contributed by atoms with Crippen molar-refractivity contribution in [3.8, 4) is 45.0 Å². The maximum absolute atomic E-state index is 6.13. The van der Waals surface area contributed by atoms with E-state index in [2.05, 4.69) is 18.2 Å². The number of fused-ring (bicyclic) bond motifs is 6. The van der Waals surface area contributed by atoms with E-state index in [-0.39, 0.29) is 0 Å². The van der Waals surface area contributed by atoms with E-state index in [9.17, 15) is 0 Å². The van der Waals surface area contributed by atoms with Crippen molar-refractivity contribution in [2.75, 3.05) is 0 Å². The van der Waals surface area contributed by atoms with E-state index in [1.807, 2.05) is 115 Å². The van der Waals surface area contributed by atoms with Crippen LogP contribution in [0.4, 0.5) is 0 Å². The maximum Gasteiger partial charge on any atom is 0.246 e. The molecule has 0 unspecified atom stereocenters. The lowest BCUT2D eigenvalue weighted by atomic mass is 9.98. The summed E-state index contributed by atoms with van der Waals surface area (Å²) < 4.78 is 12.3. The number of rotatable bonds is 4. The van der Waals surface area contributed by atoms with Gasteiger partial charge in [-0.3, -0.25) is 0 Å². The second-order valence-corrected chi connectivity index (χ2v) is 10.7. The van der Waals surface area contributed by atoms with Crippen LogP contribution in [0.25, 0.3) is 89.4 Å². The van der Waals surface area contributed by atoms with Crippen molar-refractivity contribution < 1.29 is 8.83 Å². The lowest BCUT2D eigenvalue weighted by Crippen LogP contribution is -1.96. The highest BCUT2D eigenvalue weighted by molar-refractivity contribution is 6.04. The van der Waals surface area contributed by atoms with E-state index in [0.717, 1.165) is 78.0 Å². The third kappa shape index (κ3) is 3.89. The van der Waals surface area contributed by atoms with Crippen LogP contribution in [-0.4, -0.2) is 19.9 Å². The molecule has 0 bridgehead atoms. The number of aromatic nitrogens is 4. The summed E-state index contributed by atoms with van der Waals surface area (Å²) in [5.74, 6) is 0. The maximum atomic E-state index is 6.13. The van der Waals surface area contributed by atoms with E-state index >= 15 is 0 Å². The first-order valence-corrected chi connectivity index (χ1v) is 14.4. The monoisotopic (exact) mass is 566 g/mol. The van der Waals surface area contributed by atoms with Gasteiger partial charge in [0.2, 0.25) is 11.4 Å². The third-order valence-corrected chi connectivity index (χ3v) is 7.93. The molecule has 44 heavy (non-hydrogen) atoms. The van der Waals surface area contributed by atoms with Gasteiger partial charge in [-0.05, 0) is 30.3 Å². The Kier molecular flexibility index (Phi) is 5.40. The van der Waals surface area contributed by atoms with Crippen LogP contribution < -0.4 is 0 Å². The van der Waals surface area contributed by atoms with E-state index in [4.69, 9.17) is 28.8 Å². The number of hydrogen-bond acceptors (Lipinski definition) is 6. The Balaban J connectivity index is 1.31. The predicted octanol–water partition coefficient (Wildman–Crippen LogP) is 9.73. The van der Waals surface area contributed by atoms with Crippen LogP contribution in [0.3, 0.4) is 0 Å². The molecule has 6 nitrogen and oxygen atoms in total. The molecule has 4 heterocycles. The molecule has 0 saturated heterocycles. The van der Waals surface area contributed by atoms with Crippen molar-refractivity contribution in [2.45, 2.75) is 0 Å². The average Bonchev–Trinajstić information content (AvgIpc) is 3.65. The molecule has 5 aromatic carbocycles. The molecule has 6 heteroatoms. The molecule has 0 aliphatic carbocycles. The molecule has 206 valence electrons. The molecule has 0 fully saturated rings. The van der Waals surface area contributed by atoms with E-state index in [1.54, 1.807) is 0 Å². The minimum absolute atomic E-state index is 0.513. The minimum atomic E-state index is 0.513. The fourth-order valence-electron chi connectivity index (χ4n) is 5.85. The van der Waals surface area contributed by atoms with Crippen LogP contribution in [-0.2, 0) is 0 Å². The molecule has 0 saturated carbocycles. The quantitative estimate of drug-likeness (QED) is 0.211. The lowest BCUT2D eigenvalue weighted by Gasteiger charge is -2.12. The van der Waals surface area contributed by atoms with Crippen LogP contribution >= 0.6 is 0 Å². The fraction of sp³-hybridized carbons (Fsp3) is 0. The van der Waals surface area contributed by atoms with Gasteiger partial charge in [-0.15, -0.1) is 0 Å². The molecular formula is C38H22N4O2. The summed E-state index contributed by atoms with van der Waals surface area (Å²) in [5.41, 5.74) is 10.8. The van der Waals surface area contributed by atoms with Gasteiger partial charge in [-0.25, -0.2) is 19.9 Å². The summed E-state index contributed by atoms with van der Waals surface area (Å²) in [5, 5.41) is 1.86. The second kappa shape index (κ2) is 9.71. The largest absolute Gasteiger partial charge is 0.436 e. The van der Waals surface area contributed by atoms with Gasteiger partial charge in [-0.2, -0.15) is 0 Å². The Morgan fingerprint density at radius 3 is 1.20 bits per heavy atom. The van der Waals surface area contributed by atoms with Crippen molar-refractivity contribution >= 4 is 44.4 Å². The van der Waals surface area contributed by atoms with Gasteiger partial charge < -0.3 is 8.83 Å². The zero-order chi connectivity index (χ0) is 29.0. The number of nitrogens with zero attached hydrogens (tertiary/aromatic N) is 4. The Morgan fingerprint density at radius 1 is 0.341 bits per heavy atom. The summed E-state index contributed by atoms with van der Waals surface area (Å²) in [6.45, 7) is 0. The standard InChI is InChI=1S/C38H22N4O2/c1-3-12-23(13-4-1)31-33(39-35-27-18-7-9-20-29(27)43-37(35)41-31)25-16-11-17-26(22-25)34-32(24-14-5-2-6-15-24)42-38-36(40-34)28-19-8-10-21-30(28)44-38/h1-22H. The van der Waals surface area contributed by atoms with Crippen molar-refractivity contribution in [2.24, 2.45) is 0 Å². The van der Waals surface area contributed by atoms with Crippen molar-refractivity contribution in [3.63, 3.8) is 0 Å². The second-order valence-electron chi connectivity index (χ2n) is 10.7. The summed E-state index contributed by atoms with van der Waals surface area (Å²) in [6.07, 6.45) is 0. The van der Waals surface area contributed by atoms with Gasteiger partial charge in [0, 0.05) is 33.0 Å².